The predicted octanol–water partition coefficient (Wildman–Crippen LogP) is 1.01. The van der Waals surface area contributed by atoms with Crippen molar-refractivity contribution < 1.29 is 4.79 Å². The van der Waals surface area contributed by atoms with Crippen LogP contribution in [0.3, 0.4) is 0 Å². The molecule has 0 fully saturated rings. The van der Waals surface area contributed by atoms with Gasteiger partial charge < -0.3 is 4.98 Å². The number of hydrogen-bond donors (Lipinski definition) is 1. The first kappa shape index (κ1) is 10.6. The first-order chi connectivity index (χ1) is 6.68. The Labute approximate surface area is 85.9 Å². The number of pyridine rings is 1. The lowest BCUT2D eigenvalue weighted by Gasteiger charge is -1.88. The van der Waals surface area contributed by atoms with Gasteiger partial charge in [-0.1, -0.05) is 17.7 Å². The molecule has 0 aliphatic heterocycles. The lowest BCUT2D eigenvalue weighted by Crippen LogP contribution is -1.98. The Morgan fingerprint density at radius 1 is 1.64 bits per heavy atom. The summed E-state index contributed by atoms with van der Waals surface area (Å²) in [6.07, 6.45) is 1.55. The summed E-state index contributed by atoms with van der Waals surface area (Å²) in [7, 11) is 0. The van der Waals surface area contributed by atoms with Crippen molar-refractivity contribution in [3.63, 3.8) is 0 Å². The molecule has 72 valence electrons. The van der Waals surface area contributed by atoms with E-state index in [1.807, 2.05) is 0 Å². The van der Waals surface area contributed by atoms with Crippen LogP contribution in [-0.4, -0.2) is 15.9 Å². The predicted molar refractivity (Wildman–Crippen MR) is 57.1 cm³/mol. The molecule has 0 amide bonds. The van der Waals surface area contributed by atoms with E-state index in [0.717, 1.165) is 11.8 Å². The quantitative estimate of drug-likeness (QED) is 0.699. The van der Waals surface area contributed by atoms with E-state index in [0.29, 0.717) is 11.4 Å². The summed E-state index contributed by atoms with van der Waals surface area (Å²) in [6.45, 7) is 1.50. The summed E-state index contributed by atoms with van der Waals surface area (Å²) in [6, 6.07) is 2.85. The summed E-state index contributed by atoms with van der Waals surface area (Å²) < 4.78 is 0. The maximum atomic E-state index is 10.9. The molecule has 0 saturated carbocycles. The highest BCUT2D eigenvalue weighted by molar-refractivity contribution is 8.13. The highest BCUT2D eigenvalue weighted by atomic mass is 32.2. The van der Waals surface area contributed by atoms with Crippen molar-refractivity contribution in [1.29, 1.82) is 0 Å². The van der Waals surface area contributed by atoms with Crippen LogP contribution in [0.5, 0.6) is 0 Å². The SMILES string of the molecule is CC(=O)SCC#Cc1cc(=O)cc[nH]1. The molecule has 0 spiro atoms. The van der Waals surface area contributed by atoms with Gasteiger partial charge in [0.1, 0.15) is 0 Å². The molecule has 0 bridgehead atoms. The smallest absolute Gasteiger partial charge is 0.186 e. The molecule has 0 saturated heterocycles. The molecule has 0 aliphatic carbocycles. The van der Waals surface area contributed by atoms with Crippen LogP contribution in [0.4, 0.5) is 0 Å². The maximum Gasteiger partial charge on any atom is 0.186 e. The van der Waals surface area contributed by atoms with Crippen molar-refractivity contribution in [1.82, 2.24) is 4.98 Å². The van der Waals surface area contributed by atoms with Crippen LogP contribution in [0.25, 0.3) is 0 Å². The number of nitrogens with one attached hydrogen (secondary N) is 1. The Hall–Kier alpha value is -1.47. The Morgan fingerprint density at radius 2 is 2.43 bits per heavy atom. The van der Waals surface area contributed by atoms with E-state index in [1.54, 1.807) is 6.20 Å². The summed E-state index contributed by atoms with van der Waals surface area (Å²) in [5.41, 5.74) is 0.494. The minimum absolute atomic E-state index is 0.0425. The van der Waals surface area contributed by atoms with E-state index in [9.17, 15) is 9.59 Å². The van der Waals surface area contributed by atoms with E-state index in [-0.39, 0.29) is 10.5 Å². The van der Waals surface area contributed by atoms with Crippen LogP contribution < -0.4 is 5.43 Å². The van der Waals surface area contributed by atoms with Crippen molar-refractivity contribution >= 4 is 16.9 Å². The summed E-state index contributed by atoms with van der Waals surface area (Å²) in [4.78, 5) is 24.3. The third-order valence-corrected chi connectivity index (χ3v) is 2.04. The normalized spacial score (nSPS) is 8.93. The number of rotatable bonds is 1. The van der Waals surface area contributed by atoms with E-state index in [4.69, 9.17) is 0 Å². The Balaban J connectivity index is 2.59. The number of hydrogen-bond acceptors (Lipinski definition) is 3. The third-order valence-electron chi connectivity index (χ3n) is 1.34. The zero-order chi connectivity index (χ0) is 10.4. The lowest BCUT2D eigenvalue weighted by atomic mass is 10.3. The molecular formula is C10H9NO2S. The average Bonchev–Trinajstić information content (AvgIpc) is 2.12. The zero-order valence-electron chi connectivity index (χ0n) is 7.66. The molecule has 0 atom stereocenters. The number of carbonyl (C=O) groups excluding carboxylic acids is 1. The van der Waals surface area contributed by atoms with Gasteiger partial charge in [0.25, 0.3) is 0 Å². The van der Waals surface area contributed by atoms with Crippen LogP contribution in [0, 0.1) is 11.8 Å². The molecule has 0 unspecified atom stereocenters. The fraction of sp³-hybridized carbons (Fsp3) is 0.200. The van der Waals surface area contributed by atoms with Crippen LogP contribution in [0.1, 0.15) is 12.6 Å². The van der Waals surface area contributed by atoms with Gasteiger partial charge >= 0.3 is 0 Å². The molecule has 0 radical (unpaired) electrons. The summed E-state index contributed by atoms with van der Waals surface area (Å²) >= 11 is 1.15. The largest absolute Gasteiger partial charge is 0.355 e. The standard InChI is InChI=1S/C10H9NO2S/c1-8(12)14-6-2-3-9-7-10(13)4-5-11-9/h4-5,7H,6H2,1H3,(H,11,13). The van der Waals surface area contributed by atoms with Gasteiger partial charge in [-0.25, -0.2) is 0 Å². The van der Waals surface area contributed by atoms with E-state index in [2.05, 4.69) is 16.8 Å². The van der Waals surface area contributed by atoms with Crippen molar-refractivity contribution in [2.45, 2.75) is 6.92 Å². The minimum Gasteiger partial charge on any atom is -0.355 e. The topological polar surface area (TPSA) is 49.9 Å². The molecule has 0 aromatic carbocycles. The van der Waals surface area contributed by atoms with Gasteiger partial charge in [0.05, 0.1) is 11.4 Å². The second-order valence-electron chi connectivity index (χ2n) is 2.52. The third kappa shape index (κ3) is 3.97. The van der Waals surface area contributed by atoms with E-state index < -0.39 is 0 Å². The van der Waals surface area contributed by atoms with Crippen molar-refractivity contribution in [3.05, 3.63) is 34.2 Å². The number of aromatic nitrogens is 1. The van der Waals surface area contributed by atoms with Crippen LogP contribution >= 0.6 is 11.8 Å². The molecule has 1 heterocycles. The van der Waals surface area contributed by atoms with Crippen LogP contribution in [-0.2, 0) is 4.79 Å². The highest BCUT2D eigenvalue weighted by Crippen LogP contribution is 1.98. The first-order valence-corrected chi connectivity index (χ1v) is 4.98. The Kier molecular flexibility index (Phi) is 4.02. The average molecular weight is 207 g/mol. The Morgan fingerprint density at radius 3 is 3.07 bits per heavy atom. The molecule has 3 nitrogen and oxygen atoms in total. The van der Waals surface area contributed by atoms with Gasteiger partial charge in [0.2, 0.25) is 0 Å². The van der Waals surface area contributed by atoms with Crippen molar-refractivity contribution in [3.8, 4) is 11.8 Å². The Bertz CT molecular complexity index is 439. The van der Waals surface area contributed by atoms with Gasteiger partial charge in [-0.15, -0.1) is 0 Å². The van der Waals surface area contributed by atoms with Crippen LogP contribution in [0.15, 0.2) is 23.1 Å². The molecule has 1 rings (SSSR count). The highest BCUT2D eigenvalue weighted by Gasteiger charge is 1.89. The summed E-state index contributed by atoms with van der Waals surface area (Å²) in [5.74, 6) is 6.00. The van der Waals surface area contributed by atoms with E-state index >= 15 is 0 Å². The fourth-order valence-electron chi connectivity index (χ4n) is 0.787. The minimum atomic E-state index is -0.0766. The number of H-pyrrole nitrogens is 1. The number of thioether (sulfide) groups is 1. The lowest BCUT2D eigenvalue weighted by molar-refractivity contribution is -0.109. The molecular weight excluding hydrogens is 198 g/mol. The zero-order valence-corrected chi connectivity index (χ0v) is 8.48. The fourth-order valence-corrected chi connectivity index (χ4v) is 1.13. The van der Waals surface area contributed by atoms with Crippen molar-refractivity contribution in [2.24, 2.45) is 0 Å². The monoisotopic (exact) mass is 207 g/mol. The first-order valence-electron chi connectivity index (χ1n) is 3.99. The van der Waals surface area contributed by atoms with Gasteiger partial charge in [-0.05, 0) is 5.92 Å². The van der Waals surface area contributed by atoms with Crippen molar-refractivity contribution in [2.75, 3.05) is 5.75 Å². The van der Waals surface area contributed by atoms with Crippen LogP contribution in [0.2, 0.25) is 0 Å². The van der Waals surface area contributed by atoms with E-state index in [1.165, 1.54) is 19.1 Å². The van der Waals surface area contributed by atoms with Gasteiger partial charge in [-0.2, -0.15) is 0 Å². The second-order valence-corrected chi connectivity index (χ2v) is 3.67. The second kappa shape index (κ2) is 5.30. The van der Waals surface area contributed by atoms with Gasteiger partial charge in [0.15, 0.2) is 10.5 Å². The molecule has 1 aromatic rings. The number of carbonyl (C=O) groups is 1. The van der Waals surface area contributed by atoms with Gasteiger partial charge in [-0.3, -0.25) is 9.59 Å². The molecule has 4 heteroatoms. The molecule has 14 heavy (non-hydrogen) atoms. The van der Waals surface area contributed by atoms with Gasteiger partial charge in [0, 0.05) is 25.3 Å². The molecule has 0 aliphatic rings. The molecule has 1 aromatic heterocycles. The maximum absolute atomic E-state index is 10.9. The summed E-state index contributed by atoms with van der Waals surface area (Å²) in [5, 5.41) is 0.0425. The number of aromatic amines is 1. The molecule has 1 N–H and O–H groups in total.